The number of aromatic nitrogens is 2. The summed E-state index contributed by atoms with van der Waals surface area (Å²) in [5.74, 6) is -0.00701. The van der Waals surface area contributed by atoms with Crippen molar-refractivity contribution in [3.05, 3.63) is 78.0 Å². The van der Waals surface area contributed by atoms with Gasteiger partial charge < -0.3 is 10.6 Å². The van der Waals surface area contributed by atoms with Crippen LogP contribution in [0.15, 0.2) is 60.9 Å². The maximum atomic E-state index is 12.9. The highest BCUT2D eigenvalue weighted by Gasteiger charge is 2.07. The molecule has 0 saturated heterocycles. The van der Waals surface area contributed by atoms with Gasteiger partial charge in [0.1, 0.15) is 18.0 Å². The summed E-state index contributed by atoms with van der Waals surface area (Å²) < 4.78 is 12.9. The fourth-order valence-corrected chi connectivity index (χ4v) is 2.15. The van der Waals surface area contributed by atoms with Crippen LogP contribution in [0.2, 0.25) is 0 Å². The number of amides is 1. The number of aryl methyl sites for hydroxylation is 1. The molecule has 0 atom stereocenters. The van der Waals surface area contributed by atoms with E-state index in [1.807, 2.05) is 25.1 Å². The lowest BCUT2D eigenvalue weighted by molar-refractivity contribution is 0.102. The average molecular weight is 322 g/mol. The number of nitrogens with zero attached hydrogens (tertiary/aromatic N) is 2. The Hall–Kier alpha value is -3.28. The molecule has 2 N–H and O–H groups in total. The molecule has 0 aliphatic carbocycles. The highest BCUT2D eigenvalue weighted by atomic mass is 19.1. The quantitative estimate of drug-likeness (QED) is 0.764. The fourth-order valence-electron chi connectivity index (χ4n) is 2.15. The van der Waals surface area contributed by atoms with E-state index in [0.717, 1.165) is 11.4 Å². The predicted molar refractivity (Wildman–Crippen MR) is 90.8 cm³/mol. The Balaban J connectivity index is 1.73. The van der Waals surface area contributed by atoms with Crippen molar-refractivity contribution >= 4 is 23.1 Å². The number of carbonyl (C=O) groups excluding carboxylic acids is 1. The Kier molecular flexibility index (Phi) is 4.47. The van der Waals surface area contributed by atoms with E-state index in [9.17, 15) is 9.18 Å². The lowest BCUT2D eigenvalue weighted by Gasteiger charge is -2.09. The lowest BCUT2D eigenvalue weighted by Crippen LogP contribution is -2.11. The maximum Gasteiger partial charge on any atom is 0.255 e. The van der Waals surface area contributed by atoms with Crippen molar-refractivity contribution in [1.82, 2.24) is 9.97 Å². The van der Waals surface area contributed by atoms with Gasteiger partial charge in [0, 0.05) is 28.7 Å². The number of hydrogen-bond donors (Lipinski definition) is 2. The SMILES string of the molecule is Cc1cc(Nc2cccc(NC(=O)c3ccc(F)cc3)c2)ncn1. The summed E-state index contributed by atoms with van der Waals surface area (Å²) in [5.41, 5.74) is 2.65. The molecule has 1 amide bonds. The first-order chi connectivity index (χ1) is 11.6. The largest absolute Gasteiger partial charge is 0.340 e. The van der Waals surface area contributed by atoms with Gasteiger partial charge in [-0.25, -0.2) is 14.4 Å². The van der Waals surface area contributed by atoms with Gasteiger partial charge >= 0.3 is 0 Å². The molecule has 2 aromatic carbocycles. The molecule has 0 saturated carbocycles. The van der Waals surface area contributed by atoms with Crippen LogP contribution >= 0.6 is 0 Å². The molecular weight excluding hydrogens is 307 g/mol. The zero-order chi connectivity index (χ0) is 16.9. The van der Waals surface area contributed by atoms with Gasteiger partial charge in [-0.05, 0) is 49.4 Å². The Morgan fingerprint density at radius 1 is 1.00 bits per heavy atom. The number of benzene rings is 2. The Morgan fingerprint density at radius 2 is 1.75 bits per heavy atom. The van der Waals surface area contributed by atoms with Crippen molar-refractivity contribution in [2.45, 2.75) is 6.92 Å². The van der Waals surface area contributed by atoms with Crippen LogP contribution in [-0.2, 0) is 0 Å². The molecule has 0 spiro atoms. The second kappa shape index (κ2) is 6.87. The van der Waals surface area contributed by atoms with Crippen LogP contribution in [0.4, 0.5) is 21.6 Å². The summed E-state index contributed by atoms with van der Waals surface area (Å²) in [7, 11) is 0. The van der Waals surface area contributed by atoms with E-state index in [4.69, 9.17) is 0 Å². The molecule has 0 aliphatic rings. The number of carbonyl (C=O) groups is 1. The first-order valence-corrected chi connectivity index (χ1v) is 7.33. The van der Waals surface area contributed by atoms with Gasteiger partial charge in [0.15, 0.2) is 0 Å². The molecule has 3 aromatic rings. The summed E-state index contributed by atoms with van der Waals surface area (Å²) in [4.78, 5) is 20.3. The number of rotatable bonds is 4. The van der Waals surface area contributed by atoms with Gasteiger partial charge in [-0.3, -0.25) is 4.79 Å². The minimum Gasteiger partial charge on any atom is -0.340 e. The van der Waals surface area contributed by atoms with Crippen molar-refractivity contribution < 1.29 is 9.18 Å². The third kappa shape index (κ3) is 3.92. The Morgan fingerprint density at radius 3 is 2.50 bits per heavy atom. The Labute approximate surface area is 138 Å². The van der Waals surface area contributed by atoms with E-state index in [2.05, 4.69) is 20.6 Å². The van der Waals surface area contributed by atoms with E-state index < -0.39 is 0 Å². The van der Waals surface area contributed by atoms with Crippen molar-refractivity contribution in [3.8, 4) is 0 Å². The first kappa shape index (κ1) is 15.6. The molecule has 1 heterocycles. The van der Waals surface area contributed by atoms with Gasteiger partial charge in [0.05, 0.1) is 0 Å². The van der Waals surface area contributed by atoms with Crippen molar-refractivity contribution in [1.29, 1.82) is 0 Å². The minimum atomic E-state index is -0.377. The second-order valence-corrected chi connectivity index (χ2v) is 5.21. The average Bonchev–Trinajstić information content (AvgIpc) is 2.56. The van der Waals surface area contributed by atoms with E-state index in [-0.39, 0.29) is 11.7 Å². The standard InChI is InChI=1S/C18H15FN4O/c1-12-9-17(21-11-20-12)22-15-3-2-4-16(10-15)23-18(24)13-5-7-14(19)8-6-13/h2-11H,1H3,(H,23,24)(H,20,21,22). The molecule has 24 heavy (non-hydrogen) atoms. The van der Waals surface area contributed by atoms with Crippen molar-refractivity contribution in [2.75, 3.05) is 10.6 Å². The zero-order valence-corrected chi connectivity index (χ0v) is 13.0. The molecule has 0 unspecified atom stereocenters. The first-order valence-electron chi connectivity index (χ1n) is 7.33. The van der Waals surface area contributed by atoms with Crippen LogP contribution in [-0.4, -0.2) is 15.9 Å². The van der Waals surface area contributed by atoms with Crippen LogP contribution in [0.1, 0.15) is 16.1 Å². The molecule has 0 radical (unpaired) electrons. The monoisotopic (exact) mass is 322 g/mol. The van der Waals surface area contributed by atoms with Crippen LogP contribution in [0.25, 0.3) is 0 Å². The van der Waals surface area contributed by atoms with E-state index in [1.165, 1.54) is 30.6 Å². The molecule has 1 aromatic heterocycles. The molecular formula is C18H15FN4O. The van der Waals surface area contributed by atoms with Crippen LogP contribution < -0.4 is 10.6 Å². The third-order valence-electron chi connectivity index (χ3n) is 3.30. The normalized spacial score (nSPS) is 10.2. The molecule has 120 valence electrons. The highest BCUT2D eigenvalue weighted by Crippen LogP contribution is 2.19. The highest BCUT2D eigenvalue weighted by molar-refractivity contribution is 6.04. The summed E-state index contributed by atoms with van der Waals surface area (Å²) in [6.45, 7) is 1.88. The molecule has 0 fully saturated rings. The lowest BCUT2D eigenvalue weighted by atomic mass is 10.2. The van der Waals surface area contributed by atoms with Crippen LogP contribution in [0.3, 0.4) is 0 Å². The zero-order valence-electron chi connectivity index (χ0n) is 13.0. The molecule has 5 nitrogen and oxygen atoms in total. The molecule has 0 aliphatic heterocycles. The van der Waals surface area contributed by atoms with Crippen molar-refractivity contribution in [2.24, 2.45) is 0 Å². The number of anilines is 3. The topological polar surface area (TPSA) is 66.9 Å². The van der Waals surface area contributed by atoms with E-state index >= 15 is 0 Å². The van der Waals surface area contributed by atoms with Gasteiger partial charge in [0.2, 0.25) is 0 Å². The fraction of sp³-hybridized carbons (Fsp3) is 0.0556. The summed E-state index contributed by atoms with van der Waals surface area (Å²) in [6, 6.07) is 14.5. The maximum absolute atomic E-state index is 12.9. The van der Waals surface area contributed by atoms with Crippen LogP contribution in [0, 0.1) is 12.7 Å². The number of hydrogen-bond acceptors (Lipinski definition) is 4. The minimum absolute atomic E-state index is 0.301. The van der Waals surface area contributed by atoms with Gasteiger partial charge in [0.25, 0.3) is 5.91 Å². The predicted octanol–water partition coefficient (Wildman–Crippen LogP) is 3.92. The molecule has 0 bridgehead atoms. The smallest absolute Gasteiger partial charge is 0.255 e. The number of halogens is 1. The summed E-state index contributed by atoms with van der Waals surface area (Å²) in [6.07, 6.45) is 1.48. The van der Waals surface area contributed by atoms with E-state index in [1.54, 1.807) is 12.1 Å². The third-order valence-corrected chi connectivity index (χ3v) is 3.30. The molecule has 3 rings (SSSR count). The van der Waals surface area contributed by atoms with Gasteiger partial charge in [-0.2, -0.15) is 0 Å². The van der Waals surface area contributed by atoms with Crippen molar-refractivity contribution in [3.63, 3.8) is 0 Å². The molecule has 6 heteroatoms. The second-order valence-electron chi connectivity index (χ2n) is 5.21. The number of nitrogens with one attached hydrogen (secondary N) is 2. The van der Waals surface area contributed by atoms with Gasteiger partial charge in [-0.15, -0.1) is 0 Å². The Bertz CT molecular complexity index is 865. The van der Waals surface area contributed by atoms with E-state index in [0.29, 0.717) is 17.1 Å². The van der Waals surface area contributed by atoms with Gasteiger partial charge in [-0.1, -0.05) is 6.07 Å². The summed E-state index contributed by atoms with van der Waals surface area (Å²) in [5, 5.41) is 5.93. The summed E-state index contributed by atoms with van der Waals surface area (Å²) >= 11 is 0. The van der Waals surface area contributed by atoms with Crippen LogP contribution in [0.5, 0.6) is 0 Å².